The van der Waals surface area contributed by atoms with Gasteiger partial charge in [-0.25, -0.2) is 0 Å². The highest BCUT2D eigenvalue weighted by Gasteiger charge is 2.17. The van der Waals surface area contributed by atoms with Crippen LogP contribution in [0.15, 0.2) is 88.3 Å². The number of hydrogen-bond donors (Lipinski definition) is 0. The number of halogens is 1. The minimum Gasteiger partial charge on any atom is -0.334 e. The van der Waals surface area contributed by atoms with Gasteiger partial charge in [-0.05, 0) is 43.3 Å². The molecule has 2 aromatic heterocycles. The quantitative estimate of drug-likeness (QED) is 0.382. The Labute approximate surface area is 177 Å². The van der Waals surface area contributed by atoms with E-state index in [2.05, 4.69) is 10.1 Å². The van der Waals surface area contributed by atoms with Crippen molar-refractivity contribution in [3.05, 3.63) is 99.9 Å². The van der Waals surface area contributed by atoms with Gasteiger partial charge in [-0.3, -0.25) is 9.36 Å². The lowest BCUT2D eigenvalue weighted by Gasteiger charge is -2.10. The molecule has 0 aliphatic heterocycles. The van der Waals surface area contributed by atoms with Gasteiger partial charge in [-0.1, -0.05) is 58.7 Å². The van der Waals surface area contributed by atoms with Crippen LogP contribution in [0, 0.1) is 6.92 Å². The van der Waals surface area contributed by atoms with Crippen molar-refractivity contribution in [1.29, 1.82) is 0 Å². The molecular weight excluding hydrogens is 398 g/mol. The van der Waals surface area contributed by atoms with Gasteiger partial charge in [-0.2, -0.15) is 4.98 Å². The molecule has 0 aliphatic carbocycles. The largest absolute Gasteiger partial charge is 0.334 e. The summed E-state index contributed by atoms with van der Waals surface area (Å²) >= 11 is 6.01. The smallest absolute Gasteiger partial charge is 0.262 e. The van der Waals surface area contributed by atoms with E-state index in [0.29, 0.717) is 33.4 Å². The van der Waals surface area contributed by atoms with Gasteiger partial charge >= 0.3 is 0 Å². The van der Waals surface area contributed by atoms with Crippen LogP contribution in [0.25, 0.3) is 39.3 Å². The molecule has 0 radical (unpaired) electrons. The molecule has 0 saturated heterocycles. The highest BCUT2D eigenvalue weighted by molar-refractivity contribution is 6.30. The molecule has 0 fully saturated rings. The second-order valence-corrected chi connectivity index (χ2v) is 7.47. The first-order valence-electron chi connectivity index (χ1n) is 9.41. The van der Waals surface area contributed by atoms with Crippen molar-refractivity contribution >= 4 is 22.4 Å². The Morgan fingerprint density at radius 3 is 2.47 bits per heavy atom. The van der Waals surface area contributed by atoms with Crippen LogP contribution < -0.4 is 5.56 Å². The summed E-state index contributed by atoms with van der Waals surface area (Å²) in [6, 6.07) is 22.4. The molecule has 0 unspecified atom stereocenters. The minimum atomic E-state index is -0.130. The van der Waals surface area contributed by atoms with Crippen molar-refractivity contribution in [3.63, 3.8) is 0 Å². The predicted octanol–water partition coefficient (Wildman–Crippen LogP) is 5.67. The number of pyridine rings is 1. The molecule has 146 valence electrons. The zero-order valence-electron chi connectivity index (χ0n) is 16.0. The standard InChI is InChI=1S/C24H16ClN3O2/c1-15-5-4-6-16(13-15)22-26-23(30-27-22)21-14-28(18-11-9-17(25)10-12-18)24(29)20-8-3-2-7-19(20)21/h2-14H,1H3. The molecule has 5 aromatic rings. The Hall–Kier alpha value is -3.70. The minimum absolute atomic E-state index is 0.130. The molecule has 30 heavy (non-hydrogen) atoms. The van der Waals surface area contributed by atoms with Crippen molar-refractivity contribution < 1.29 is 4.52 Å². The number of fused-ring (bicyclic) bond motifs is 1. The summed E-state index contributed by atoms with van der Waals surface area (Å²) in [5.41, 5.74) is 3.25. The summed E-state index contributed by atoms with van der Waals surface area (Å²) < 4.78 is 7.18. The number of nitrogens with zero attached hydrogens (tertiary/aromatic N) is 3. The first kappa shape index (κ1) is 18.3. The van der Waals surface area contributed by atoms with E-state index in [-0.39, 0.29) is 5.56 Å². The van der Waals surface area contributed by atoms with Gasteiger partial charge in [0.05, 0.1) is 5.56 Å². The SMILES string of the molecule is Cc1cccc(-c2noc(-c3cn(-c4ccc(Cl)cc4)c(=O)c4ccccc34)n2)c1. The number of aromatic nitrogens is 3. The third kappa shape index (κ3) is 3.19. The van der Waals surface area contributed by atoms with Crippen molar-refractivity contribution in [2.45, 2.75) is 6.92 Å². The van der Waals surface area contributed by atoms with Crippen molar-refractivity contribution in [1.82, 2.24) is 14.7 Å². The van der Waals surface area contributed by atoms with Gasteiger partial charge in [0, 0.05) is 33.2 Å². The lowest BCUT2D eigenvalue weighted by atomic mass is 10.1. The summed E-state index contributed by atoms with van der Waals surface area (Å²) in [5, 5.41) is 6.09. The average Bonchev–Trinajstić information content (AvgIpc) is 3.25. The monoisotopic (exact) mass is 413 g/mol. The fourth-order valence-corrected chi connectivity index (χ4v) is 3.62. The van der Waals surface area contributed by atoms with Crippen LogP contribution in [0.5, 0.6) is 0 Å². The van der Waals surface area contributed by atoms with E-state index in [9.17, 15) is 4.79 Å². The normalized spacial score (nSPS) is 11.1. The molecule has 0 amide bonds. The topological polar surface area (TPSA) is 60.9 Å². The molecule has 5 rings (SSSR count). The molecule has 0 atom stereocenters. The predicted molar refractivity (Wildman–Crippen MR) is 118 cm³/mol. The van der Waals surface area contributed by atoms with E-state index < -0.39 is 0 Å². The van der Waals surface area contributed by atoms with Crippen LogP contribution in [-0.4, -0.2) is 14.7 Å². The lowest BCUT2D eigenvalue weighted by Crippen LogP contribution is -2.18. The number of benzene rings is 3. The molecule has 0 N–H and O–H groups in total. The third-order valence-electron chi connectivity index (χ3n) is 4.96. The first-order valence-corrected chi connectivity index (χ1v) is 9.79. The molecule has 0 bridgehead atoms. The van der Waals surface area contributed by atoms with Gasteiger partial charge in [0.15, 0.2) is 0 Å². The molecule has 0 spiro atoms. The Morgan fingerprint density at radius 2 is 1.70 bits per heavy atom. The third-order valence-corrected chi connectivity index (χ3v) is 5.21. The Bertz CT molecular complexity index is 1440. The van der Waals surface area contributed by atoms with Gasteiger partial charge in [0.25, 0.3) is 11.4 Å². The Balaban J connectivity index is 1.72. The van der Waals surface area contributed by atoms with Crippen molar-refractivity contribution in [2.24, 2.45) is 0 Å². The van der Waals surface area contributed by atoms with Crippen LogP contribution >= 0.6 is 11.6 Å². The molecular formula is C24H16ClN3O2. The highest BCUT2D eigenvalue weighted by atomic mass is 35.5. The maximum Gasteiger partial charge on any atom is 0.262 e. The summed E-state index contributed by atoms with van der Waals surface area (Å²) in [7, 11) is 0. The van der Waals surface area contributed by atoms with Gasteiger partial charge < -0.3 is 4.52 Å². The van der Waals surface area contributed by atoms with Gasteiger partial charge in [0.2, 0.25) is 5.82 Å². The van der Waals surface area contributed by atoms with Gasteiger partial charge in [0.1, 0.15) is 0 Å². The van der Waals surface area contributed by atoms with E-state index >= 15 is 0 Å². The zero-order chi connectivity index (χ0) is 20.7. The van der Waals surface area contributed by atoms with Crippen molar-refractivity contribution in [3.8, 4) is 28.5 Å². The van der Waals surface area contributed by atoms with Crippen LogP contribution in [0.3, 0.4) is 0 Å². The molecule has 5 nitrogen and oxygen atoms in total. The summed E-state index contributed by atoms with van der Waals surface area (Å²) in [6.07, 6.45) is 1.74. The molecule has 0 saturated carbocycles. The fourth-order valence-electron chi connectivity index (χ4n) is 3.49. The van der Waals surface area contributed by atoms with Gasteiger partial charge in [-0.15, -0.1) is 0 Å². The average molecular weight is 414 g/mol. The van der Waals surface area contributed by atoms with Crippen LogP contribution in [-0.2, 0) is 0 Å². The maximum absolute atomic E-state index is 13.1. The maximum atomic E-state index is 13.1. The lowest BCUT2D eigenvalue weighted by molar-refractivity contribution is 0.432. The van der Waals surface area contributed by atoms with Crippen LogP contribution in [0.1, 0.15) is 5.56 Å². The van der Waals surface area contributed by atoms with E-state index in [0.717, 1.165) is 16.5 Å². The van der Waals surface area contributed by atoms with Crippen LogP contribution in [0.2, 0.25) is 5.02 Å². The van der Waals surface area contributed by atoms with Crippen LogP contribution in [0.4, 0.5) is 0 Å². The second kappa shape index (κ2) is 7.28. The number of aryl methyl sites for hydroxylation is 1. The highest BCUT2D eigenvalue weighted by Crippen LogP contribution is 2.29. The zero-order valence-corrected chi connectivity index (χ0v) is 16.8. The first-order chi connectivity index (χ1) is 14.6. The summed E-state index contributed by atoms with van der Waals surface area (Å²) in [5.74, 6) is 0.854. The summed E-state index contributed by atoms with van der Waals surface area (Å²) in [4.78, 5) is 17.7. The van der Waals surface area contributed by atoms with Crippen molar-refractivity contribution in [2.75, 3.05) is 0 Å². The van der Waals surface area contributed by atoms with E-state index in [1.807, 2.05) is 49.4 Å². The summed E-state index contributed by atoms with van der Waals surface area (Å²) in [6.45, 7) is 2.01. The van der Waals surface area contributed by atoms with E-state index in [4.69, 9.17) is 16.1 Å². The molecule has 3 aromatic carbocycles. The Morgan fingerprint density at radius 1 is 0.933 bits per heavy atom. The number of hydrogen-bond acceptors (Lipinski definition) is 4. The molecule has 0 aliphatic rings. The Kier molecular flexibility index (Phi) is 4.45. The number of rotatable bonds is 3. The molecule has 2 heterocycles. The van der Waals surface area contributed by atoms with E-state index in [1.165, 1.54) is 0 Å². The fraction of sp³-hybridized carbons (Fsp3) is 0.0417. The second-order valence-electron chi connectivity index (χ2n) is 7.03. The van der Waals surface area contributed by atoms with E-state index in [1.54, 1.807) is 41.1 Å². The molecule has 6 heteroatoms.